The highest BCUT2D eigenvalue weighted by Gasteiger charge is 2.07. The average molecular weight is 284 g/mol. The predicted octanol–water partition coefficient (Wildman–Crippen LogP) is 2.04. The minimum absolute atomic E-state index is 0.0924. The molecule has 0 aliphatic carbocycles. The molecule has 0 atom stereocenters. The largest absolute Gasteiger partial charge is 0.478 e. The first-order valence-electron chi connectivity index (χ1n) is 4.48. The number of halogens is 1. The Labute approximate surface area is 101 Å². The summed E-state index contributed by atoms with van der Waals surface area (Å²) in [5.41, 5.74) is 5.68. The fraction of sp³-hybridized carbons (Fsp3) is 0.0909. The van der Waals surface area contributed by atoms with E-state index in [0.29, 0.717) is 10.0 Å². The Morgan fingerprint density at radius 1 is 1.44 bits per heavy atom. The molecule has 16 heavy (non-hydrogen) atoms. The van der Waals surface area contributed by atoms with Gasteiger partial charge in [-0.05, 0) is 17.7 Å². The van der Waals surface area contributed by atoms with Gasteiger partial charge in [-0.2, -0.15) is 0 Å². The van der Waals surface area contributed by atoms with Crippen molar-refractivity contribution in [2.45, 2.75) is 6.42 Å². The predicted molar refractivity (Wildman–Crippen MR) is 63.9 cm³/mol. The Bertz CT molecular complexity index is 455. The van der Waals surface area contributed by atoms with Crippen molar-refractivity contribution >= 4 is 33.9 Å². The summed E-state index contributed by atoms with van der Waals surface area (Å²) in [7, 11) is 0. The van der Waals surface area contributed by atoms with Gasteiger partial charge >= 0.3 is 5.97 Å². The van der Waals surface area contributed by atoms with E-state index in [2.05, 4.69) is 15.9 Å². The first-order chi connectivity index (χ1) is 7.50. The quantitative estimate of drug-likeness (QED) is 0.887. The number of hydrogen-bond donors (Lipinski definition) is 2. The number of carboxylic acid groups (broad SMARTS) is 1. The van der Waals surface area contributed by atoms with E-state index >= 15 is 0 Å². The molecule has 0 aromatic heterocycles. The third-order valence-corrected chi connectivity index (χ3v) is 2.36. The lowest BCUT2D eigenvalue weighted by Gasteiger charge is -2.01. The van der Waals surface area contributed by atoms with Crippen molar-refractivity contribution < 1.29 is 14.7 Å². The van der Waals surface area contributed by atoms with Crippen LogP contribution in [0.25, 0.3) is 6.08 Å². The highest BCUT2D eigenvalue weighted by molar-refractivity contribution is 9.10. The fourth-order valence-electron chi connectivity index (χ4n) is 1.16. The lowest BCUT2D eigenvalue weighted by molar-refractivity contribution is -0.117. The maximum atomic E-state index is 10.9. The van der Waals surface area contributed by atoms with Crippen LogP contribution in [-0.4, -0.2) is 17.0 Å². The summed E-state index contributed by atoms with van der Waals surface area (Å²) >= 11 is 3.19. The van der Waals surface area contributed by atoms with Crippen molar-refractivity contribution in [1.29, 1.82) is 0 Å². The van der Waals surface area contributed by atoms with E-state index in [1.54, 1.807) is 18.2 Å². The van der Waals surface area contributed by atoms with Crippen molar-refractivity contribution in [3.63, 3.8) is 0 Å². The van der Waals surface area contributed by atoms with Gasteiger partial charge in [-0.15, -0.1) is 0 Å². The molecule has 0 saturated carbocycles. The molecule has 4 nitrogen and oxygen atoms in total. The molecule has 0 aliphatic rings. The van der Waals surface area contributed by atoms with Crippen LogP contribution >= 0.6 is 15.9 Å². The molecule has 1 amide bonds. The van der Waals surface area contributed by atoms with Crippen LogP contribution in [0.4, 0.5) is 0 Å². The smallest absolute Gasteiger partial charge is 0.336 e. The topological polar surface area (TPSA) is 80.4 Å². The number of hydrogen-bond acceptors (Lipinski definition) is 2. The van der Waals surface area contributed by atoms with Gasteiger partial charge in [-0.1, -0.05) is 34.1 Å². The number of primary amides is 1. The van der Waals surface area contributed by atoms with Gasteiger partial charge in [-0.25, -0.2) is 4.79 Å². The lowest BCUT2D eigenvalue weighted by atomic mass is 10.1. The molecule has 0 fully saturated rings. The Kier molecular flexibility index (Phi) is 4.25. The van der Waals surface area contributed by atoms with E-state index in [0.717, 1.165) is 0 Å². The minimum Gasteiger partial charge on any atom is -0.478 e. The summed E-state index contributed by atoms with van der Waals surface area (Å²) in [6.45, 7) is 0. The number of carboxylic acids is 1. The monoisotopic (exact) mass is 283 g/mol. The summed E-state index contributed by atoms with van der Waals surface area (Å²) in [6.07, 6.45) is 3.20. The van der Waals surface area contributed by atoms with Crippen LogP contribution < -0.4 is 5.73 Å². The average Bonchev–Trinajstić information content (AvgIpc) is 2.19. The van der Waals surface area contributed by atoms with Gasteiger partial charge in [0, 0.05) is 10.9 Å². The molecule has 1 rings (SSSR count). The normalized spacial score (nSPS) is 10.6. The summed E-state index contributed by atoms with van der Waals surface area (Å²) in [5.74, 6) is -1.47. The Hall–Kier alpha value is -1.62. The molecular formula is C11H10BrNO3. The van der Waals surface area contributed by atoms with Gasteiger partial charge in [-0.3, -0.25) is 4.79 Å². The van der Waals surface area contributed by atoms with E-state index < -0.39 is 11.9 Å². The summed E-state index contributed by atoms with van der Waals surface area (Å²) in [4.78, 5) is 21.4. The van der Waals surface area contributed by atoms with Crippen molar-refractivity contribution in [3.05, 3.63) is 39.9 Å². The molecule has 0 spiro atoms. The molecule has 84 valence electrons. The SMILES string of the molecule is NC(=O)CC=Cc1ccc(Br)cc1C(=O)O. The number of aromatic carboxylic acids is 1. The van der Waals surface area contributed by atoms with Crippen molar-refractivity contribution in [2.24, 2.45) is 5.73 Å². The second-order valence-corrected chi connectivity index (χ2v) is 4.03. The van der Waals surface area contributed by atoms with Crippen molar-refractivity contribution in [2.75, 3.05) is 0 Å². The van der Waals surface area contributed by atoms with Gasteiger partial charge in [0.05, 0.1) is 5.56 Å². The first kappa shape index (κ1) is 12.4. The molecule has 0 heterocycles. The molecule has 0 bridgehead atoms. The number of rotatable bonds is 4. The number of carbonyl (C=O) groups is 2. The van der Waals surface area contributed by atoms with Gasteiger partial charge in [0.1, 0.15) is 0 Å². The summed E-state index contributed by atoms with van der Waals surface area (Å²) < 4.78 is 0.692. The molecule has 0 unspecified atom stereocenters. The van der Waals surface area contributed by atoms with E-state index in [-0.39, 0.29) is 12.0 Å². The first-order valence-corrected chi connectivity index (χ1v) is 5.27. The third kappa shape index (κ3) is 3.51. The summed E-state index contributed by atoms with van der Waals surface area (Å²) in [6, 6.07) is 4.90. The molecule has 0 radical (unpaired) electrons. The van der Waals surface area contributed by atoms with Gasteiger partial charge in [0.15, 0.2) is 0 Å². The molecule has 3 N–H and O–H groups in total. The van der Waals surface area contributed by atoms with Crippen LogP contribution in [0.1, 0.15) is 22.3 Å². The van der Waals surface area contributed by atoms with Crippen LogP contribution in [0.3, 0.4) is 0 Å². The summed E-state index contributed by atoms with van der Waals surface area (Å²) in [5, 5.41) is 8.95. The zero-order valence-corrected chi connectivity index (χ0v) is 9.90. The van der Waals surface area contributed by atoms with Crippen LogP contribution in [0.15, 0.2) is 28.7 Å². The van der Waals surface area contributed by atoms with Crippen LogP contribution in [-0.2, 0) is 4.79 Å². The van der Waals surface area contributed by atoms with Gasteiger partial charge in [0.2, 0.25) is 5.91 Å². The van der Waals surface area contributed by atoms with Crippen LogP contribution in [0.5, 0.6) is 0 Å². The second-order valence-electron chi connectivity index (χ2n) is 3.11. The Morgan fingerprint density at radius 3 is 2.69 bits per heavy atom. The third-order valence-electron chi connectivity index (χ3n) is 1.86. The minimum atomic E-state index is -1.01. The maximum Gasteiger partial charge on any atom is 0.336 e. The zero-order chi connectivity index (χ0) is 12.1. The van der Waals surface area contributed by atoms with E-state index in [1.165, 1.54) is 12.1 Å². The molecule has 0 aliphatic heterocycles. The molecule has 5 heteroatoms. The zero-order valence-electron chi connectivity index (χ0n) is 8.31. The fourth-order valence-corrected chi connectivity index (χ4v) is 1.52. The van der Waals surface area contributed by atoms with Crippen LogP contribution in [0.2, 0.25) is 0 Å². The van der Waals surface area contributed by atoms with E-state index in [4.69, 9.17) is 10.8 Å². The highest BCUT2D eigenvalue weighted by Crippen LogP contribution is 2.18. The lowest BCUT2D eigenvalue weighted by Crippen LogP contribution is -2.08. The Morgan fingerprint density at radius 2 is 2.12 bits per heavy atom. The number of amides is 1. The van der Waals surface area contributed by atoms with Gasteiger partial charge in [0.25, 0.3) is 0 Å². The molecule has 1 aromatic carbocycles. The molecule has 0 saturated heterocycles. The second kappa shape index (κ2) is 5.46. The number of carbonyl (C=O) groups excluding carboxylic acids is 1. The molecular weight excluding hydrogens is 274 g/mol. The van der Waals surface area contributed by atoms with Gasteiger partial charge < -0.3 is 10.8 Å². The number of benzene rings is 1. The Balaban J connectivity index is 2.99. The highest BCUT2D eigenvalue weighted by atomic mass is 79.9. The molecule has 1 aromatic rings. The van der Waals surface area contributed by atoms with E-state index in [1.807, 2.05) is 0 Å². The standard InChI is InChI=1S/C11H10BrNO3/c12-8-5-4-7(2-1-3-10(13)14)9(6-8)11(15)16/h1-2,4-6H,3H2,(H2,13,14)(H,15,16). The maximum absolute atomic E-state index is 10.9. The van der Waals surface area contributed by atoms with E-state index in [9.17, 15) is 9.59 Å². The van der Waals surface area contributed by atoms with Crippen molar-refractivity contribution in [1.82, 2.24) is 0 Å². The van der Waals surface area contributed by atoms with Crippen LogP contribution in [0, 0.1) is 0 Å². The number of nitrogens with two attached hydrogens (primary N) is 1. The van der Waals surface area contributed by atoms with Crippen molar-refractivity contribution in [3.8, 4) is 0 Å².